The highest BCUT2D eigenvalue weighted by atomic mass is 79.9. The highest BCUT2D eigenvalue weighted by molar-refractivity contribution is 9.10. The number of halogens is 1. The Hall–Kier alpha value is -1.54. The van der Waals surface area contributed by atoms with E-state index >= 15 is 0 Å². The number of nitriles is 1. The van der Waals surface area contributed by atoms with E-state index in [-0.39, 0.29) is 12.6 Å². The maximum Gasteiger partial charge on any atom is 0.323 e. The van der Waals surface area contributed by atoms with Crippen molar-refractivity contribution < 1.29 is 9.90 Å². The molecule has 1 unspecified atom stereocenters. The van der Waals surface area contributed by atoms with Gasteiger partial charge in [-0.05, 0) is 47.5 Å². The Morgan fingerprint density at radius 1 is 1.61 bits per heavy atom. The van der Waals surface area contributed by atoms with Crippen LogP contribution in [-0.4, -0.2) is 23.7 Å². The van der Waals surface area contributed by atoms with Crippen LogP contribution in [0.15, 0.2) is 22.7 Å². The summed E-state index contributed by atoms with van der Waals surface area (Å²) in [4.78, 5) is 12.7. The summed E-state index contributed by atoms with van der Waals surface area (Å²) in [6, 6.07) is 7.34. The average Bonchev–Trinajstić information content (AvgIpc) is 2.35. The molecule has 0 aliphatic rings. The van der Waals surface area contributed by atoms with Gasteiger partial charge < -0.3 is 10.0 Å². The SMILES string of the molecule is CCC(C)N(CC(=O)O)c1ccc(C#N)cc1Br. The van der Waals surface area contributed by atoms with Crippen molar-refractivity contribution in [1.29, 1.82) is 5.26 Å². The minimum Gasteiger partial charge on any atom is -0.480 e. The van der Waals surface area contributed by atoms with Gasteiger partial charge >= 0.3 is 5.97 Å². The second-order valence-corrected chi connectivity index (χ2v) is 4.91. The Morgan fingerprint density at radius 2 is 2.28 bits per heavy atom. The fourth-order valence-electron chi connectivity index (χ4n) is 1.65. The Labute approximate surface area is 115 Å². The second-order valence-electron chi connectivity index (χ2n) is 4.06. The lowest BCUT2D eigenvalue weighted by Gasteiger charge is -2.30. The number of carboxylic acid groups (broad SMARTS) is 1. The molecule has 18 heavy (non-hydrogen) atoms. The molecule has 0 aliphatic heterocycles. The molecule has 0 radical (unpaired) electrons. The van der Waals surface area contributed by atoms with E-state index in [1.165, 1.54) is 0 Å². The van der Waals surface area contributed by atoms with Gasteiger partial charge in [0.05, 0.1) is 17.3 Å². The Bertz CT molecular complexity index is 482. The lowest BCUT2D eigenvalue weighted by atomic mass is 10.1. The highest BCUT2D eigenvalue weighted by Crippen LogP contribution is 2.29. The van der Waals surface area contributed by atoms with E-state index in [0.717, 1.165) is 16.6 Å². The quantitative estimate of drug-likeness (QED) is 0.908. The van der Waals surface area contributed by atoms with E-state index in [2.05, 4.69) is 22.0 Å². The third kappa shape index (κ3) is 3.47. The van der Waals surface area contributed by atoms with E-state index in [1.54, 1.807) is 18.2 Å². The lowest BCUT2D eigenvalue weighted by molar-refractivity contribution is -0.135. The predicted molar refractivity (Wildman–Crippen MR) is 73.6 cm³/mol. The molecule has 1 aromatic carbocycles. The van der Waals surface area contributed by atoms with Crippen molar-refractivity contribution in [3.63, 3.8) is 0 Å². The first-order valence-electron chi connectivity index (χ1n) is 5.67. The predicted octanol–water partition coefficient (Wildman–Crippen LogP) is 3.01. The van der Waals surface area contributed by atoms with Gasteiger partial charge in [0.15, 0.2) is 0 Å². The number of benzene rings is 1. The Kier molecular flexibility index (Phi) is 5.17. The number of anilines is 1. The van der Waals surface area contributed by atoms with Crippen LogP contribution in [0.3, 0.4) is 0 Å². The summed E-state index contributed by atoms with van der Waals surface area (Å²) in [6.07, 6.45) is 0.847. The molecular weight excluding hydrogens is 296 g/mol. The van der Waals surface area contributed by atoms with E-state index in [9.17, 15) is 4.79 Å². The van der Waals surface area contributed by atoms with Gasteiger partial charge in [0.2, 0.25) is 0 Å². The molecule has 0 aliphatic carbocycles. The van der Waals surface area contributed by atoms with Crippen LogP contribution in [0.4, 0.5) is 5.69 Å². The zero-order valence-electron chi connectivity index (χ0n) is 10.4. The average molecular weight is 311 g/mol. The number of hydrogen-bond acceptors (Lipinski definition) is 3. The number of rotatable bonds is 5. The molecule has 0 heterocycles. The van der Waals surface area contributed by atoms with Gasteiger partial charge in [-0.25, -0.2) is 0 Å². The van der Waals surface area contributed by atoms with Crippen LogP contribution in [-0.2, 0) is 4.79 Å². The van der Waals surface area contributed by atoms with Gasteiger partial charge in [0.25, 0.3) is 0 Å². The molecule has 0 bridgehead atoms. The lowest BCUT2D eigenvalue weighted by Crippen LogP contribution is -2.37. The number of carboxylic acids is 1. The van der Waals surface area contributed by atoms with E-state index < -0.39 is 5.97 Å². The zero-order chi connectivity index (χ0) is 13.7. The molecule has 1 rings (SSSR count). The van der Waals surface area contributed by atoms with Gasteiger partial charge in [0.1, 0.15) is 6.54 Å². The smallest absolute Gasteiger partial charge is 0.323 e. The van der Waals surface area contributed by atoms with Gasteiger partial charge in [-0.1, -0.05) is 6.92 Å². The first-order valence-corrected chi connectivity index (χ1v) is 6.47. The summed E-state index contributed by atoms with van der Waals surface area (Å²) in [6.45, 7) is 3.93. The molecule has 96 valence electrons. The molecule has 0 fully saturated rings. The number of aliphatic carboxylic acids is 1. The molecule has 1 N–H and O–H groups in total. The normalized spacial score (nSPS) is 11.7. The summed E-state index contributed by atoms with van der Waals surface area (Å²) in [7, 11) is 0. The van der Waals surface area contributed by atoms with Crippen molar-refractivity contribution in [1.82, 2.24) is 0 Å². The molecule has 5 heteroatoms. The van der Waals surface area contributed by atoms with Gasteiger partial charge in [-0.15, -0.1) is 0 Å². The van der Waals surface area contributed by atoms with E-state index in [0.29, 0.717) is 5.56 Å². The third-order valence-electron chi connectivity index (χ3n) is 2.81. The van der Waals surface area contributed by atoms with Crippen molar-refractivity contribution >= 4 is 27.6 Å². The highest BCUT2D eigenvalue weighted by Gasteiger charge is 2.18. The minimum atomic E-state index is -0.869. The van der Waals surface area contributed by atoms with Crippen molar-refractivity contribution in [2.24, 2.45) is 0 Å². The Balaban J connectivity index is 3.13. The largest absolute Gasteiger partial charge is 0.480 e. The maximum atomic E-state index is 10.9. The minimum absolute atomic E-state index is 0.0560. The molecule has 0 amide bonds. The monoisotopic (exact) mass is 310 g/mol. The number of carbonyl (C=O) groups is 1. The van der Waals surface area contributed by atoms with Gasteiger partial charge in [-0.2, -0.15) is 5.26 Å². The van der Waals surface area contributed by atoms with Crippen molar-refractivity contribution in [3.8, 4) is 6.07 Å². The van der Waals surface area contributed by atoms with Crippen LogP contribution in [0.2, 0.25) is 0 Å². The Morgan fingerprint density at radius 3 is 2.72 bits per heavy atom. The van der Waals surface area contributed by atoms with Crippen LogP contribution in [0.1, 0.15) is 25.8 Å². The van der Waals surface area contributed by atoms with Crippen LogP contribution in [0.5, 0.6) is 0 Å². The standard InChI is InChI=1S/C13H15BrN2O2/c1-3-9(2)16(8-13(17)18)12-5-4-10(7-15)6-11(12)14/h4-6,9H,3,8H2,1-2H3,(H,17,18). The fourth-order valence-corrected chi connectivity index (χ4v) is 2.26. The number of nitrogens with zero attached hydrogens (tertiary/aromatic N) is 2. The summed E-state index contributed by atoms with van der Waals surface area (Å²) < 4.78 is 0.739. The number of hydrogen-bond donors (Lipinski definition) is 1. The zero-order valence-corrected chi connectivity index (χ0v) is 11.9. The first kappa shape index (κ1) is 14.5. The van der Waals surface area contributed by atoms with Crippen LogP contribution >= 0.6 is 15.9 Å². The summed E-state index contributed by atoms with van der Waals surface area (Å²) >= 11 is 3.39. The van der Waals surface area contributed by atoms with Crippen molar-refractivity contribution in [2.45, 2.75) is 26.3 Å². The summed E-state index contributed by atoms with van der Waals surface area (Å²) in [5, 5.41) is 17.8. The topological polar surface area (TPSA) is 64.3 Å². The first-order chi connectivity index (χ1) is 8.49. The van der Waals surface area contributed by atoms with Crippen molar-refractivity contribution in [3.05, 3.63) is 28.2 Å². The van der Waals surface area contributed by atoms with Gasteiger partial charge in [-0.3, -0.25) is 4.79 Å². The molecule has 1 atom stereocenters. The fraction of sp³-hybridized carbons (Fsp3) is 0.385. The third-order valence-corrected chi connectivity index (χ3v) is 3.45. The van der Waals surface area contributed by atoms with Crippen molar-refractivity contribution in [2.75, 3.05) is 11.4 Å². The van der Waals surface area contributed by atoms with E-state index in [1.807, 2.05) is 18.7 Å². The molecule has 0 spiro atoms. The van der Waals surface area contributed by atoms with Crippen LogP contribution in [0.25, 0.3) is 0 Å². The molecular formula is C13H15BrN2O2. The summed E-state index contributed by atoms with van der Waals surface area (Å²) in [5.41, 5.74) is 1.34. The summed E-state index contributed by atoms with van der Waals surface area (Å²) in [5.74, 6) is -0.869. The second kappa shape index (κ2) is 6.41. The molecule has 0 aromatic heterocycles. The van der Waals surface area contributed by atoms with E-state index in [4.69, 9.17) is 10.4 Å². The van der Waals surface area contributed by atoms with Crippen LogP contribution in [0, 0.1) is 11.3 Å². The van der Waals surface area contributed by atoms with Crippen LogP contribution < -0.4 is 4.90 Å². The molecule has 0 saturated heterocycles. The molecule has 1 aromatic rings. The molecule has 4 nitrogen and oxygen atoms in total. The maximum absolute atomic E-state index is 10.9. The molecule has 0 saturated carbocycles. The van der Waals surface area contributed by atoms with Gasteiger partial charge in [0, 0.05) is 10.5 Å².